The maximum atomic E-state index is 13.1. The Balaban J connectivity index is 1.37. The van der Waals surface area contributed by atoms with Gasteiger partial charge in [0.05, 0.1) is 16.9 Å². The first-order chi connectivity index (χ1) is 19.1. The third-order valence-electron chi connectivity index (χ3n) is 6.26. The van der Waals surface area contributed by atoms with Crippen molar-refractivity contribution in [2.24, 2.45) is 5.16 Å². The van der Waals surface area contributed by atoms with Gasteiger partial charge in [0, 0.05) is 23.6 Å². The number of rotatable bonds is 9. The van der Waals surface area contributed by atoms with E-state index in [9.17, 15) is 24.3 Å². The number of nitrogens with zero attached hydrogens (tertiary/aromatic N) is 5. The van der Waals surface area contributed by atoms with Gasteiger partial charge in [-0.1, -0.05) is 16.8 Å². The van der Waals surface area contributed by atoms with Crippen LogP contribution in [0, 0.1) is 0 Å². The summed E-state index contributed by atoms with van der Waals surface area (Å²) >= 11 is 8.78. The van der Waals surface area contributed by atoms with Gasteiger partial charge >= 0.3 is 5.97 Å². The first-order valence-electron chi connectivity index (χ1n) is 11.9. The highest BCUT2D eigenvalue weighted by Gasteiger charge is 2.54. The van der Waals surface area contributed by atoms with Crippen molar-refractivity contribution in [2.45, 2.75) is 31.8 Å². The van der Waals surface area contributed by atoms with Gasteiger partial charge in [0.25, 0.3) is 11.8 Å². The molecule has 2 aliphatic rings. The summed E-state index contributed by atoms with van der Waals surface area (Å²) in [5.74, 6) is -2.35. The molecule has 16 heteroatoms. The van der Waals surface area contributed by atoms with Crippen molar-refractivity contribution in [3.05, 3.63) is 57.7 Å². The van der Waals surface area contributed by atoms with Gasteiger partial charge in [-0.15, -0.1) is 23.1 Å². The molecule has 1 fully saturated rings. The number of aromatic nitrogens is 3. The van der Waals surface area contributed by atoms with Crippen molar-refractivity contribution in [2.75, 3.05) is 18.1 Å². The van der Waals surface area contributed by atoms with E-state index in [0.717, 1.165) is 11.3 Å². The lowest BCUT2D eigenvalue weighted by molar-refractivity contribution is -0.688. The fourth-order valence-electron chi connectivity index (χ4n) is 4.48. The number of hydrogen-bond donors (Lipinski definition) is 3. The minimum absolute atomic E-state index is 0.131. The Morgan fingerprint density at radius 3 is 2.83 bits per heavy atom. The number of amides is 2. The third-order valence-corrected chi connectivity index (χ3v) is 8.57. The molecule has 3 aromatic heterocycles. The fourth-order valence-corrected chi connectivity index (χ4v) is 6.61. The molecule has 3 aromatic rings. The Morgan fingerprint density at radius 1 is 1.40 bits per heavy atom. The number of carboxylic acid groups (broad SMARTS) is 1. The first kappa shape index (κ1) is 27.6. The molecule has 13 nitrogen and oxygen atoms in total. The van der Waals surface area contributed by atoms with Crippen LogP contribution in [0.5, 0.6) is 0 Å². The van der Waals surface area contributed by atoms with E-state index >= 15 is 0 Å². The van der Waals surface area contributed by atoms with Crippen LogP contribution in [0.2, 0.25) is 5.02 Å². The number of nitrogen functional groups attached to an aromatic ring is 1. The quantitative estimate of drug-likeness (QED) is 0.107. The molecule has 0 unspecified atom stereocenters. The normalized spacial score (nSPS) is 18.9. The number of nitrogens with two attached hydrogens (primary N) is 1. The Bertz CT molecular complexity index is 1630. The van der Waals surface area contributed by atoms with E-state index in [1.165, 1.54) is 23.6 Å². The number of Topliss-reactive ketones (excluding diaryl/α,β-unsaturated/α-hetero) is 1. The van der Waals surface area contributed by atoms with Crippen LogP contribution in [0.25, 0.3) is 5.52 Å². The van der Waals surface area contributed by atoms with E-state index in [1.54, 1.807) is 45.9 Å². The highest BCUT2D eigenvalue weighted by Crippen LogP contribution is 2.40. The van der Waals surface area contributed by atoms with Gasteiger partial charge in [-0.2, -0.15) is 4.57 Å². The van der Waals surface area contributed by atoms with E-state index in [0.29, 0.717) is 27.6 Å². The number of carbonyl (C=O) groups excluding carboxylic acids is 3. The van der Waals surface area contributed by atoms with Gasteiger partial charge in [-0.3, -0.25) is 19.3 Å². The largest absolute Gasteiger partial charge is 0.477 e. The van der Waals surface area contributed by atoms with Gasteiger partial charge in [-0.05, 0) is 13.0 Å². The van der Waals surface area contributed by atoms with E-state index in [1.807, 2.05) is 0 Å². The van der Waals surface area contributed by atoms with Crippen LogP contribution >= 0.6 is 34.7 Å². The summed E-state index contributed by atoms with van der Waals surface area (Å²) in [5.41, 5.74) is 7.14. The van der Waals surface area contributed by atoms with Crippen LogP contribution < -0.4 is 15.6 Å². The fraction of sp³-hybridized carbons (Fsp3) is 0.292. The number of thioether (sulfide) groups is 1. The molecule has 5 rings (SSSR count). The van der Waals surface area contributed by atoms with E-state index < -0.39 is 29.2 Å². The number of ketones is 1. The molecule has 0 bridgehead atoms. The Morgan fingerprint density at radius 2 is 2.17 bits per heavy atom. The molecule has 40 heavy (non-hydrogen) atoms. The van der Waals surface area contributed by atoms with Crippen molar-refractivity contribution >= 4 is 74.6 Å². The highest BCUT2D eigenvalue weighted by molar-refractivity contribution is 8.00. The summed E-state index contributed by atoms with van der Waals surface area (Å²) in [6.45, 7) is 3.52. The molecule has 4 N–H and O–H groups in total. The number of thiazole rings is 1. The van der Waals surface area contributed by atoms with Crippen molar-refractivity contribution in [1.29, 1.82) is 0 Å². The second-order valence-electron chi connectivity index (χ2n) is 8.84. The lowest BCUT2D eigenvalue weighted by Gasteiger charge is -2.49. The van der Waals surface area contributed by atoms with E-state index in [4.69, 9.17) is 22.2 Å². The van der Waals surface area contributed by atoms with Gasteiger partial charge in [0.1, 0.15) is 34.9 Å². The van der Waals surface area contributed by atoms with Crippen LogP contribution in [-0.2, 0) is 25.8 Å². The molecule has 0 radical (unpaired) electrons. The van der Waals surface area contributed by atoms with E-state index in [-0.39, 0.29) is 41.2 Å². The first-order valence-corrected chi connectivity index (χ1v) is 14.2. The lowest BCUT2D eigenvalue weighted by Crippen LogP contribution is -2.71. The van der Waals surface area contributed by atoms with Crippen molar-refractivity contribution in [3.8, 4) is 0 Å². The molecule has 2 atom stereocenters. The number of hydrogen-bond acceptors (Lipinski definition) is 10. The second kappa shape index (κ2) is 10.9. The lowest BCUT2D eigenvalue weighted by atomic mass is 10.0. The summed E-state index contributed by atoms with van der Waals surface area (Å²) < 4.78 is 3.40. The maximum absolute atomic E-state index is 13.1. The average Bonchev–Trinajstić information content (AvgIpc) is 3.49. The van der Waals surface area contributed by atoms with Gasteiger partial charge in [-0.25, -0.2) is 9.78 Å². The van der Waals surface area contributed by atoms with Gasteiger partial charge < -0.3 is 25.4 Å². The Kier molecular flexibility index (Phi) is 7.53. The Labute approximate surface area is 240 Å². The number of fused-ring (bicyclic) bond motifs is 2. The molecule has 0 aliphatic carbocycles. The molecular weight excluding hydrogens is 582 g/mol. The molecule has 2 amide bonds. The molecule has 208 valence electrons. The van der Waals surface area contributed by atoms with Crippen LogP contribution in [0.3, 0.4) is 0 Å². The molecule has 5 heterocycles. The Hall–Kier alpha value is -3.95. The van der Waals surface area contributed by atoms with Crippen molar-refractivity contribution in [3.63, 3.8) is 0 Å². The SMILES string of the molecule is CCON=C(C(=O)N[C@@H]1C(=O)N2C(C(=O)O)=C(C[n+]3ccn4c(C(C)=O)cc(Cl)c4c3)CS[C@@H]12)c1csc(N)n1. The summed E-state index contributed by atoms with van der Waals surface area (Å²) in [6.07, 6.45) is 5.09. The van der Waals surface area contributed by atoms with Crippen LogP contribution in [0.1, 0.15) is 30.0 Å². The molecule has 0 saturated carbocycles. The van der Waals surface area contributed by atoms with Gasteiger partial charge in [0.2, 0.25) is 0 Å². The second-order valence-corrected chi connectivity index (χ2v) is 11.2. The number of oxime groups is 1. The topological polar surface area (TPSA) is 173 Å². The number of carboxylic acids is 1. The average molecular weight is 605 g/mol. The number of nitrogens with one attached hydrogen (secondary N) is 1. The predicted octanol–water partition coefficient (Wildman–Crippen LogP) is 1.30. The zero-order valence-electron chi connectivity index (χ0n) is 21.2. The number of carbonyl (C=O) groups is 4. The zero-order valence-corrected chi connectivity index (χ0v) is 23.5. The summed E-state index contributed by atoms with van der Waals surface area (Å²) in [6, 6.07) is 0.609. The standard InChI is InChI=1S/C24H22ClN7O6S2/c1-3-38-29-17(14-10-40-24(26)27-14)20(34)28-18-21(35)32-19(23(36)37)12(9-39-22(18)32)7-30-4-5-31-15(11(2)33)6-13(25)16(31)8-30/h4-6,8,10,18,22H,3,7,9H2,1-2H3,(H3-,26,27,28,34,36,37)/p+1/t18-,22+/m1/s1. The summed E-state index contributed by atoms with van der Waals surface area (Å²) in [4.78, 5) is 60.7. The molecular formula is C24H23ClN7O6S2+. The maximum Gasteiger partial charge on any atom is 0.352 e. The number of halogens is 1. The molecule has 0 spiro atoms. The molecule has 2 aliphatic heterocycles. The van der Waals surface area contributed by atoms with Crippen LogP contribution in [-0.4, -0.2) is 72.4 Å². The monoisotopic (exact) mass is 604 g/mol. The van der Waals surface area contributed by atoms with Crippen LogP contribution in [0.4, 0.5) is 5.13 Å². The smallest absolute Gasteiger partial charge is 0.352 e. The summed E-state index contributed by atoms with van der Waals surface area (Å²) in [5, 5.41) is 18.1. The number of β-lactam (4-membered cyclic amide) rings is 1. The molecule has 0 aromatic carbocycles. The summed E-state index contributed by atoms with van der Waals surface area (Å²) in [7, 11) is 0. The molecule has 1 saturated heterocycles. The van der Waals surface area contributed by atoms with Crippen molar-refractivity contribution in [1.82, 2.24) is 19.6 Å². The number of anilines is 1. The number of aliphatic carboxylic acids is 1. The highest BCUT2D eigenvalue weighted by atomic mass is 35.5. The zero-order chi connectivity index (χ0) is 28.7. The van der Waals surface area contributed by atoms with E-state index in [2.05, 4.69) is 15.5 Å². The minimum Gasteiger partial charge on any atom is -0.477 e. The van der Waals surface area contributed by atoms with Gasteiger partial charge in [0.15, 0.2) is 35.6 Å². The predicted molar refractivity (Wildman–Crippen MR) is 147 cm³/mol. The minimum atomic E-state index is -1.25. The van der Waals surface area contributed by atoms with Crippen LogP contribution in [0.15, 0.2) is 46.5 Å². The third kappa shape index (κ3) is 4.91. The van der Waals surface area contributed by atoms with Crippen molar-refractivity contribution < 1.29 is 33.7 Å².